The number of amides is 1. The van der Waals surface area contributed by atoms with Crippen LogP contribution < -0.4 is 20.1 Å². The van der Waals surface area contributed by atoms with Crippen LogP contribution in [0.4, 0.5) is 5.69 Å². The Balaban J connectivity index is 1.42. The average Bonchev–Trinajstić information content (AvgIpc) is 3.00. The normalized spacial score (nSPS) is 13.6. The lowest BCUT2D eigenvalue weighted by molar-refractivity contribution is 0.0982. The highest BCUT2D eigenvalue weighted by Crippen LogP contribution is 2.29. The third-order valence-corrected chi connectivity index (χ3v) is 7.51. The number of hydrogen-bond donors (Lipinski definition) is 3. The molecule has 41 heavy (non-hydrogen) atoms. The first-order valence-corrected chi connectivity index (χ1v) is 13.7. The molecular formula is C33H35N5O3. The average molecular weight is 550 g/mol. The maximum Gasteiger partial charge on any atom is 0.262 e. The van der Waals surface area contributed by atoms with Gasteiger partial charge in [-0.25, -0.2) is 0 Å². The number of ether oxygens (including phenoxy) is 2. The number of piperidine rings is 1. The van der Waals surface area contributed by atoms with Crippen molar-refractivity contribution in [2.75, 3.05) is 25.1 Å². The van der Waals surface area contributed by atoms with E-state index in [4.69, 9.17) is 26.0 Å². The van der Waals surface area contributed by atoms with Gasteiger partial charge in [0.05, 0.1) is 25.1 Å². The van der Waals surface area contributed by atoms with Crippen LogP contribution in [0, 0.1) is 10.8 Å². The molecule has 0 atom stereocenters. The van der Waals surface area contributed by atoms with Gasteiger partial charge in [0.25, 0.3) is 5.91 Å². The summed E-state index contributed by atoms with van der Waals surface area (Å²) in [5.74, 6) is 1.70. The molecule has 8 heteroatoms. The van der Waals surface area contributed by atoms with Crippen LogP contribution in [0.3, 0.4) is 0 Å². The van der Waals surface area contributed by atoms with E-state index in [0.29, 0.717) is 29.3 Å². The number of likely N-dealkylation sites (tertiary alicyclic amines) is 1. The zero-order valence-electron chi connectivity index (χ0n) is 23.4. The first kappa shape index (κ1) is 27.7. The van der Waals surface area contributed by atoms with Crippen molar-refractivity contribution in [3.63, 3.8) is 0 Å². The van der Waals surface area contributed by atoms with Gasteiger partial charge in [-0.3, -0.25) is 15.6 Å². The van der Waals surface area contributed by atoms with Crippen molar-refractivity contribution in [3.05, 3.63) is 102 Å². The van der Waals surface area contributed by atoms with Crippen molar-refractivity contribution in [3.8, 4) is 11.5 Å². The monoisotopic (exact) mass is 549 g/mol. The second-order valence-electron chi connectivity index (χ2n) is 10.3. The minimum atomic E-state index is -0.178. The first-order chi connectivity index (χ1) is 19.8. The van der Waals surface area contributed by atoms with Gasteiger partial charge in [0.15, 0.2) is 0 Å². The number of nitrogens with two attached hydrogens (primary N) is 1. The number of amidine groups is 2. The number of rotatable bonds is 8. The maximum absolute atomic E-state index is 14.0. The third-order valence-electron chi connectivity index (χ3n) is 7.51. The van der Waals surface area contributed by atoms with E-state index in [9.17, 15) is 4.79 Å². The van der Waals surface area contributed by atoms with Crippen LogP contribution in [0.25, 0.3) is 10.8 Å². The molecule has 1 fully saturated rings. The van der Waals surface area contributed by atoms with Crippen molar-refractivity contribution < 1.29 is 14.3 Å². The van der Waals surface area contributed by atoms with E-state index in [1.807, 2.05) is 79.7 Å². The van der Waals surface area contributed by atoms with E-state index in [0.717, 1.165) is 53.7 Å². The van der Waals surface area contributed by atoms with Gasteiger partial charge in [-0.1, -0.05) is 36.4 Å². The number of benzene rings is 4. The topological polar surface area (TPSA) is 116 Å². The zero-order chi connectivity index (χ0) is 28.9. The lowest BCUT2D eigenvalue weighted by Crippen LogP contribution is -2.40. The molecule has 0 unspecified atom stereocenters. The molecule has 5 rings (SSSR count). The third kappa shape index (κ3) is 6.32. The predicted molar refractivity (Wildman–Crippen MR) is 164 cm³/mol. The van der Waals surface area contributed by atoms with E-state index in [1.165, 1.54) is 0 Å². The Morgan fingerprint density at radius 2 is 1.66 bits per heavy atom. The molecule has 0 saturated carbocycles. The summed E-state index contributed by atoms with van der Waals surface area (Å²) < 4.78 is 11.8. The first-order valence-electron chi connectivity index (χ1n) is 13.7. The van der Waals surface area contributed by atoms with Gasteiger partial charge in [0, 0.05) is 37.2 Å². The van der Waals surface area contributed by atoms with Gasteiger partial charge in [-0.2, -0.15) is 0 Å². The van der Waals surface area contributed by atoms with Crippen LogP contribution >= 0.6 is 0 Å². The minimum absolute atomic E-state index is 0.0166. The second kappa shape index (κ2) is 12.1. The standard InChI is InChI=1S/C33H35N5O3/c1-22(34)37-17-15-29(16-18-37)41-28-13-11-27(12-14-28)38(33(39)30-5-3-4-6-31(30)40-2)21-23-7-8-24-9-10-25(32(35)36)20-26(24)19-23/h3-14,19-20,29,34H,15-18,21H2,1-2H3,(H3,35,36). The summed E-state index contributed by atoms with van der Waals surface area (Å²) in [4.78, 5) is 17.8. The fraction of sp³-hybridized carbons (Fsp3) is 0.242. The Hall–Kier alpha value is -4.85. The number of carbonyl (C=O) groups excluding carboxylic acids is 1. The van der Waals surface area contributed by atoms with E-state index in [-0.39, 0.29) is 17.8 Å². The smallest absolute Gasteiger partial charge is 0.262 e. The molecule has 4 N–H and O–H groups in total. The highest BCUT2D eigenvalue weighted by atomic mass is 16.5. The summed E-state index contributed by atoms with van der Waals surface area (Å²) in [5.41, 5.74) is 8.53. The molecule has 0 aromatic heterocycles. The second-order valence-corrected chi connectivity index (χ2v) is 10.3. The molecule has 0 aliphatic carbocycles. The van der Waals surface area contributed by atoms with Crippen LogP contribution in [-0.2, 0) is 6.54 Å². The van der Waals surface area contributed by atoms with E-state index in [2.05, 4.69) is 4.90 Å². The fourth-order valence-corrected chi connectivity index (χ4v) is 5.20. The Kier molecular flexibility index (Phi) is 8.19. The Morgan fingerprint density at radius 3 is 2.34 bits per heavy atom. The lowest BCUT2D eigenvalue weighted by atomic mass is 10.0. The molecule has 4 aromatic carbocycles. The summed E-state index contributed by atoms with van der Waals surface area (Å²) >= 11 is 0. The summed E-state index contributed by atoms with van der Waals surface area (Å²) in [6.45, 7) is 3.79. The Labute approximate surface area is 240 Å². The van der Waals surface area contributed by atoms with Gasteiger partial charge >= 0.3 is 0 Å². The number of anilines is 1. The van der Waals surface area contributed by atoms with E-state index in [1.54, 1.807) is 24.1 Å². The van der Waals surface area contributed by atoms with Gasteiger partial charge in [-0.15, -0.1) is 0 Å². The number of para-hydroxylation sites is 1. The molecule has 1 heterocycles. The number of hydrogen-bond acceptors (Lipinski definition) is 5. The Morgan fingerprint density at radius 1 is 0.951 bits per heavy atom. The van der Waals surface area contributed by atoms with Gasteiger partial charge < -0.3 is 25.0 Å². The number of nitrogens with one attached hydrogen (secondary N) is 2. The molecule has 1 saturated heterocycles. The summed E-state index contributed by atoms with van der Waals surface area (Å²) in [6, 6.07) is 26.6. The highest BCUT2D eigenvalue weighted by Gasteiger charge is 2.23. The molecule has 1 amide bonds. The van der Waals surface area contributed by atoms with Crippen molar-refractivity contribution in [1.82, 2.24) is 4.90 Å². The van der Waals surface area contributed by atoms with Crippen LogP contribution in [0.2, 0.25) is 0 Å². The van der Waals surface area contributed by atoms with Crippen LogP contribution in [-0.4, -0.2) is 48.8 Å². The number of carbonyl (C=O) groups is 1. The number of methoxy groups -OCH3 is 1. The van der Waals surface area contributed by atoms with Crippen LogP contribution in [0.1, 0.15) is 41.3 Å². The molecule has 1 aliphatic rings. The lowest BCUT2D eigenvalue weighted by Gasteiger charge is -2.33. The number of fused-ring (bicyclic) bond motifs is 1. The van der Waals surface area contributed by atoms with Crippen molar-refractivity contribution in [1.29, 1.82) is 10.8 Å². The quantitative estimate of drug-likeness (QED) is 0.189. The molecule has 0 spiro atoms. The summed E-state index contributed by atoms with van der Waals surface area (Å²) in [6.07, 6.45) is 1.83. The Bertz CT molecular complexity index is 1580. The van der Waals surface area contributed by atoms with Gasteiger partial charge in [0.2, 0.25) is 0 Å². The maximum atomic E-state index is 14.0. The number of nitrogen functional groups attached to an aromatic ring is 1. The molecule has 4 aromatic rings. The molecular weight excluding hydrogens is 514 g/mol. The predicted octanol–water partition coefficient (Wildman–Crippen LogP) is 5.82. The van der Waals surface area contributed by atoms with Crippen molar-refractivity contribution >= 4 is 34.0 Å². The molecule has 0 bridgehead atoms. The van der Waals surface area contributed by atoms with Gasteiger partial charge in [-0.05, 0) is 71.8 Å². The fourth-order valence-electron chi connectivity index (χ4n) is 5.20. The highest BCUT2D eigenvalue weighted by molar-refractivity contribution is 6.08. The zero-order valence-corrected chi connectivity index (χ0v) is 23.4. The molecule has 1 aliphatic heterocycles. The van der Waals surface area contributed by atoms with E-state index < -0.39 is 0 Å². The molecule has 0 radical (unpaired) electrons. The van der Waals surface area contributed by atoms with Crippen LogP contribution in [0.5, 0.6) is 11.5 Å². The van der Waals surface area contributed by atoms with Crippen LogP contribution in [0.15, 0.2) is 84.9 Å². The van der Waals surface area contributed by atoms with Gasteiger partial charge in [0.1, 0.15) is 23.4 Å². The summed E-state index contributed by atoms with van der Waals surface area (Å²) in [7, 11) is 1.56. The molecule has 210 valence electrons. The number of nitrogens with zero attached hydrogens (tertiary/aromatic N) is 2. The van der Waals surface area contributed by atoms with E-state index >= 15 is 0 Å². The van der Waals surface area contributed by atoms with Crippen molar-refractivity contribution in [2.45, 2.75) is 32.4 Å². The largest absolute Gasteiger partial charge is 0.496 e. The summed E-state index contributed by atoms with van der Waals surface area (Å²) in [5, 5.41) is 17.6. The molecule has 8 nitrogen and oxygen atoms in total. The minimum Gasteiger partial charge on any atom is -0.496 e. The van der Waals surface area contributed by atoms with Crippen molar-refractivity contribution in [2.24, 2.45) is 5.73 Å². The SMILES string of the molecule is COc1ccccc1C(=O)N(Cc1ccc2ccc(C(=N)N)cc2c1)c1ccc(OC2CCN(C(C)=N)CC2)cc1.